The van der Waals surface area contributed by atoms with Gasteiger partial charge in [-0.1, -0.05) is 57.9 Å². The molecule has 0 bridgehead atoms. The van der Waals surface area contributed by atoms with E-state index in [1.807, 2.05) is 36.4 Å². The van der Waals surface area contributed by atoms with Crippen LogP contribution in [0.25, 0.3) is 11.1 Å². The smallest absolute Gasteiger partial charge is 0.188 e. The third-order valence-electron chi connectivity index (χ3n) is 2.41. The van der Waals surface area contributed by atoms with Gasteiger partial charge in [0.2, 0.25) is 0 Å². The van der Waals surface area contributed by atoms with E-state index in [4.69, 9.17) is 21.1 Å². The fourth-order valence-electron chi connectivity index (χ4n) is 1.66. The van der Waals surface area contributed by atoms with E-state index in [-0.39, 0.29) is 6.79 Å². The van der Waals surface area contributed by atoms with E-state index in [0.29, 0.717) is 10.8 Å². The van der Waals surface area contributed by atoms with Gasteiger partial charge in [0.15, 0.2) is 6.79 Å². The van der Waals surface area contributed by atoms with Crippen LogP contribution in [0.1, 0.15) is 0 Å². The first-order chi connectivity index (χ1) is 8.72. The van der Waals surface area contributed by atoms with E-state index < -0.39 is 0 Å². The Hall–Kier alpha value is -1.03. The molecule has 2 rings (SSSR count). The monoisotopic (exact) mass is 326 g/mol. The molecule has 0 fully saturated rings. The van der Waals surface area contributed by atoms with Gasteiger partial charge in [-0.25, -0.2) is 0 Å². The zero-order valence-electron chi connectivity index (χ0n) is 9.82. The number of ether oxygens (including phenoxy) is 2. The Morgan fingerprint density at radius 1 is 1.17 bits per heavy atom. The van der Waals surface area contributed by atoms with Gasteiger partial charge in [-0.2, -0.15) is 0 Å². The molecule has 0 spiro atoms. The minimum atomic E-state index is 0.168. The Labute approximate surface area is 120 Å². The maximum atomic E-state index is 6.21. The number of rotatable bonds is 4. The van der Waals surface area contributed by atoms with E-state index in [2.05, 4.69) is 15.9 Å². The van der Waals surface area contributed by atoms with E-state index in [1.165, 1.54) is 0 Å². The number of halogens is 2. The quantitative estimate of drug-likeness (QED) is 0.754. The standard InChI is InChI=1S/C14H12BrClO2/c1-17-9-18-14-12(7-11(15)8-13(14)16)10-5-3-2-4-6-10/h2-8H,9H2,1H3. The van der Waals surface area contributed by atoms with Crippen LogP contribution in [0.5, 0.6) is 5.75 Å². The van der Waals surface area contributed by atoms with Crippen LogP contribution in [-0.2, 0) is 4.74 Å². The molecule has 0 heterocycles. The average molecular weight is 328 g/mol. The summed E-state index contributed by atoms with van der Waals surface area (Å²) in [5, 5.41) is 0.556. The van der Waals surface area contributed by atoms with Crippen molar-refractivity contribution in [2.45, 2.75) is 0 Å². The zero-order chi connectivity index (χ0) is 13.0. The molecule has 0 aliphatic heterocycles. The van der Waals surface area contributed by atoms with Crippen LogP contribution in [0, 0.1) is 0 Å². The summed E-state index contributed by atoms with van der Waals surface area (Å²) >= 11 is 9.65. The predicted molar refractivity (Wildman–Crippen MR) is 77.1 cm³/mol. The van der Waals surface area contributed by atoms with Crippen molar-refractivity contribution in [2.75, 3.05) is 13.9 Å². The highest BCUT2D eigenvalue weighted by molar-refractivity contribution is 9.10. The Bertz CT molecular complexity index is 529. The molecule has 0 saturated heterocycles. The first-order valence-electron chi connectivity index (χ1n) is 5.38. The Balaban J connectivity index is 2.50. The maximum Gasteiger partial charge on any atom is 0.188 e. The lowest BCUT2D eigenvalue weighted by Gasteiger charge is -2.13. The lowest BCUT2D eigenvalue weighted by Crippen LogP contribution is -2.01. The highest BCUT2D eigenvalue weighted by atomic mass is 79.9. The van der Waals surface area contributed by atoms with Crippen LogP contribution in [0.4, 0.5) is 0 Å². The molecular weight excluding hydrogens is 316 g/mol. The molecule has 0 aromatic heterocycles. The Morgan fingerprint density at radius 3 is 2.56 bits per heavy atom. The second-order valence-corrected chi connectivity index (χ2v) is 5.00. The molecule has 0 atom stereocenters. The predicted octanol–water partition coefficient (Wildman–Crippen LogP) is 4.75. The first-order valence-corrected chi connectivity index (χ1v) is 6.55. The summed E-state index contributed by atoms with van der Waals surface area (Å²) in [6.45, 7) is 0.168. The van der Waals surface area contributed by atoms with E-state index in [9.17, 15) is 0 Å². The summed E-state index contributed by atoms with van der Waals surface area (Å²) in [6.07, 6.45) is 0. The topological polar surface area (TPSA) is 18.5 Å². The van der Waals surface area contributed by atoms with Gasteiger partial charge >= 0.3 is 0 Å². The molecule has 4 heteroatoms. The van der Waals surface area contributed by atoms with Crippen molar-refractivity contribution in [1.29, 1.82) is 0 Å². The van der Waals surface area contributed by atoms with Crippen molar-refractivity contribution in [3.63, 3.8) is 0 Å². The van der Waals surface area contributed by atoms with Crippen molar-refractivity contribution < 1.29 is 9.47 Å². The van der Waals surface area contributed by atoms with Crippen LogP contribution in [0.2, 0.25) is 5.02 Å². The molecule has 2 aromatic rings. The van der Waals surface area contributed by atoms with Crippen molar-refractivity contribution in [1.82, 2.24) is 0 Å². The minimum absolute atomic E-state index is 0.168. The van der Waals surface area contributed by atoms with Gasteiger partial charge in [0.1, 0.15) is 5.75 Å². The van der Waals surface area contributed by atoms with Gasteiger partial charge in [0.05, 0.1) is 5.02 Å². The number of hydrogen-bond acceptors (Lipinski definition) is 2. The molecule has 94 valence electrons. The highest BCUT2D eigenvalue weighted by Gasteiger charge is 2.12. The number of hydrogen-bond donors (Lipinski definition) is 0. The van der Waals surface area contributed by atoms with Gasteiger partial charge in [-0.15, -0.1) is 0 Å². The zero-order valence-corrected chi connectivity index (χ0v) is 12.2. The molecule has 0 saturated carbocycles. The summed E-state index contributed by atoms with van der Waals surface area (Å²) < 4.78 is 11.4. The van der Waals surface area contributed by atoms with E-state index >= 15 is 0 Å². The van der Waals surface area contributed by atoms with E-state index in [1.54, 1.807) is 13.2 Å². The molecule has 0 N–H and O–H groups in total. The van der Waals surface area contributed by atoms with E-state index in [0.717, 1.165) is 15.6 Å². The SMILES string of the molecule is COCOc1c(Cl)cc(Br)cc1-c1ccccc1. The maximum absolute atomic E-state index is 6.21. The molecule has 18 heavy (non-hydrogen) atoms. The first kappa shape index (κ1) is 13.4. The molecular formula is C14H12BrClO2. The minimum Gasteiger partial charge on any atom is -0.465 e. The number of benzene rings is 2. The second kappa shape index (κ2) is 6.23. The van der Waals surface area contributed by atoms with Crippen molar-refractivity contribution in [3.8, 4) is 16.9 Å². The molecule has 2 aromatic carbocycles. The summed E-state index contributed by atoms with van der Waals surface area (Å²) in [7, 11) is 1.58. The third kappa shape index (κ3) is 3.05. The Morgan fingerprint density at radius 2 is 1.89 bits per heavy atom. The van der Waals surface area contributed by atoms with Gasteiger partial charge in [-0.3, -0.25) is 0 Å². The molecule has 0 amide bonds. The van der Waals surface area contributed by atoms with Crippen LogP contribution in [-0.4, -0.2) is 13.9 Å². The molecule has 0 aliphatic carbocycles. The van der Waals surface area contributed by atoms with Gasteiger partial charge in [-0.05, 0) is 17.7 Å². The van der Waals surface area contributed by atoms with Crippen molar-refractivity contribution >= 4 is 27.5 Å². The molecule has 0 aliphatic rings. The fraction of sp³-hybridized carbons (Fsp3) is 0.143. The summed E-state index contributed by atoms with van der Waals surface area (Å²) in [4.78, 5) is 0. The summed E-state index contributed by atoms with van der Waals surface area (Å²) in [5.74, 6) is 0.632. The largest absolute Gasteiger partial charge is 0.465 e. The molecule has 0 unspecified atom stereocenters. The third-order valence-corrected chi connectivity index (χ3v) is 3.15. The molecule has 2 nitrogen and oxygen atoms in total. The summed E-state index contributed by atoms with van der Waals surface area (Å²) in [5.41, 5.74) is 1.99. The summed E-state index contributed by atoms with van der Waals surface area (Å²) in [6, 6.07) is 13.7. The highest BCUT2D eigenvalue weighted by Crippen LogP contribution is 2.38. The van der Waals surface area contributed by atoms with Gasteiger partial charge < -0.3 is 9.47 Å². The molecule has 0 radical (unpaired) electrons. The lowest BCUT2D eigenvalue weighted by molar-refractivity contribution is 0.0516. The second-order valence-electron chi connectivity index (χ2n) is 3.68. The van der Waals surface area contributed by atoms with Gasteiger partial charge in [0.25, 0.3) is 0 Å². The fourth-order valence-corrected chi connectivity index (χ4v) is 2.52. The number of methoxy groups -OCH3 is 1. The van der Waals surface area contributed by atoms with Crippen molar-refractivity contribution in [2.24, 2.45) is 0 Å². The lowest BCUT2D eigenvalue weighted by atomic mass is 10.0. The van der Waals surface area contributed by atoms with Gasteiger partial charge in [0, 0.05) is 17.1 Å². The Kier molecular flexibility index (Phi) is 4.64. The average Bonchev–Trinajstić information content (AvgIpc) is 2.38. The van der Waals surface area contributed by atoms with Crippen LogP contribution >= 0.6 is 27.5 Å². The van der Waals surface area contributed by atoms with Crippen molar-refractivity contribution in [3.05, 3.63) is 52.0 Å². The van der Waals surface area contributed by atoms with Crippen LogP contribution < -0.4 is 4.74 Å². The normalized spacial score (nSPS) is 10.4. The van der Waals surface area contributed by atoms with Crippen LogP contribution in [0.3, 0.4) is 0 Å². The van der Waals surface area contributed by atoms with Crippen LogP contribution in [0.15, 0.2) is 46.9 Å².